The number of nitrogens with zero attached hydrogens (tertiary/aromatic N) is 4. The van der Waals surface area contributed by atoms with Crippen LogP contribution in [0.15, 0.2) is 22.7 Å². The summed E-state index contributed by atoms with van der Waals surface area (Å²) < 4.78 is 2.83. The smallest absolute Gasteiger partial charge is 0.170 e. The highest BCUT2D eigenvalue weighted by Gasteiger charge is 2.11. The van der Waals surface area contributed by atoms with E-state index >= 15 is 0 Å². The van der Waals surface area contributed by atoms with Crippen LogP contribution in [-0.2, 0) is 6.54 Å². The summed E-state index contributed by atoms with van der Waals surface area (Å²) in [6.45, 7) is 6.88. The van der Waals surface area contributed by atoms with Gasteiger partial charge in [-0.2, -0.15) is 4.68 Å². The van der Waals surface area contributed by atoms with Crippen LogP contribution < -0.4 is 5.32 Å². The molecular formula is C12H16BrN5. The summed E-state index contributed by atoms with van der Waals surface area (Å²) in [5.41, 5.74) is 2.12. The molecule has 0 unspecified atom stereocenters. The maximum absolute atomic E-state index is 4.06. The number of hydrogen-bond donors (Lipinski definition) is 1. The Hall–Kier alpha value is -1.27. The summed E-state index contributed by atoms with van der Waals surface area (Å²) in [5, 5.41) is 15.2. The first-order valence-electron chi connectivity index (χ1n) is 5.85. The van der Waals surface area contributed by atoms with Crippen molar-refractivity contribution in [2.24, 2.45) is 0 Å². The van der Waals surface area contributed by atoms with E-state index in [2.05, 4.69) is 50.6 Å². The molecule has 1 N–H and O–H groups in total. The van der Waals surface area contributed by atoms with Crippen LogP contribution in [0.1, 0.15) is 25.2 Å². The lowest BCUT2D eigenvalue weighted by Gasteiger charge is -2.10. The van der Waals surface area contributed by atoms with Crippen LogP contribution in [0, 0.1) is 6.92 Å². The van der Waals surface area contributed by atoms with Gasteiger partial charge in [0.25, 0.3) is 0 Å². The van der Waals surface area contributed by atoms with Gasteiger partial charge in [-0.1, -0.05) is 35.8 Å². The Labute approximate surface area is 115 Å². The molecule has 0 saturated heterocycles. The first kappa shape index (κ1) is 13.2. The molecule has 2 aromatic rings. The van der Waals surface area contributed by atoms with Crippen molar-refractivity contribution in [2.45, 2.75) is 33.4 Å². The largest absolute Gasteiger partial charge is 0.308 e. The Balaban J connectivity index is 2.33. The monoisotopic (exact) mass is 309 g/mol. The van der Waals surface area contributed by atoms with Crippen LogP contribution >= 0.6 is 15.9 Å². The summed E-state index contributed by atoms with van der Waals surface area (Å²) in [6.07, 6.45) is 0. The molecule has 6 heteroatoms. The standard InChI is InChI=1S/C12H16BrN5/c1-8(2)14-7-12-15-16-17-18(12)11-6-4-5-10(13)9(11)3/h4-6,8,14H,7H2,1-3H3. The first-order valence-corrected chi connectivity index (χ1v) is 6.65. The minimum absolute atomic E-state index is 0.402. The number of rotatable bonds is 4. The third-order valence-corrected chi connectivity index (χ3v) is 3.53. The maximum atomic E-state index is 4.06. The molecular weight excluding hydrogens is 294 g/mol. The van der Waals surface area contributed by atoms with Gasteiger partial charge in [0.2, 0.25) is 0 Å². The molecule has 0 aliphatic heterocycles. The van der Waals surface area contributed by atoms with Gasteiger partial charge < -0.3 is 5.32 Å². The summed E-state index contributed by atoms with van der Waals surface area (Å²) in [4.78, 5) is 0. The van der Waals surface area contributed by atoms with Gasteiger partial charge in [0.15, 0.2) is 5.82 Å². The fourth-order valence-corrected chi connectivity index (χ4v) is 1.98. The summed E-state index contributed by atoms with van der Waals surface area (Å²) in [6, 6.07) is 6.40. The Morgan fingerprint density at radius 3 is 2.89 bits per heavy atom. The molecule has 2 rings (SSSR count). The van der Waals surface area contributed by atoms with Gasteiger partial charge in [-0.05, 0) is 35.0 Å². The van der Waals surface area contributed by atoms with Crippen LogP contribution in [0.4, 0.5) is 0 Å². The van der Waals surface area contributed by atoms with Crippen LogP contribution in [0.3, 0.4) is 0 Å². The fraction of sp³-hybridized carbons (Fsp3) is 0.417. The molecule has 0 fully saturated rings. The van der Waals surface area contributed by atoms with Crippen molar-refractivity contribution in [3.05, 3.63) is 34.1 Å². The maximum Gasteiger partial charge on any atom is 0.170 e. The topological polar surface area (TPSA) is 55.6 Å². The number of tetrazole rings is 1. The van der Waals surface area contributed by atoms with E-state index in [0.29, 0.717) is 12.6 Å². The molecule has 0 saturated carbocycles. The quantitative estimate of drug-likeness (QED) is 0.941. The second-order valence-electron chi connectivity index (χ2n) is 4.43. The predicted octanol–water partition coefficient (Wildman–Crippen LogP) is 2.23. The highest BCUT2D eigenvalue weighted by atomic mass is 79.9. The van der Waals surface area contributed by atoms with Crippen molar-refractivity contribution in [3.8, 4) is 5.69 Å². The molecule has 0 atom stereocenters. The summed E-state index contributed by atoms with van der Waals surface area (Å²) >= 11 is 3.52. The number of halogens is 1. The van der Waals surface area contributed by atoms with Crippen molar-refractivity contribution in [3.63, 3.8) is 0 Å². The lowest BCUT2D eigenvalue weighted by molar-refractivity contribution is 0.563. The Bertz CT molecular complexity index is 535. The Morgan fingerprint density at radius 1 is 1.39 bits per heavy atom. The highest BCUT2D eigenvalue weighted by molar-refractivity contribution is 9.10. The summed E-state index contributed by atoms with van der Waals surface area (Å²) in [5.74, 6) is 0.810. The van der Waals surface area contributed by atoms with Crippen LogP contribution in [0.25, 0.3) is 5.69 Å². The number of hydrogen-bond acceptors (Lipinski definition) is 4. The fourth-order valence-electron chi connectivity index (χ4n) is 1.62. The van der Waals surface area contributed by atoms with Crippen LogP contribution in [-0.4, -0.2) is 26.2 Å². The van der Waals surface area contributed by atoms with Gasteiger partial charge in [-0.3, -0.25) is 0 Å². The molecule has 0 aliphatic carbocycles. The number of nitrogens with one attached hydrogen (secondary N) is 1. The molecule has 0 bridgehead atoms. The summed E-state index contributed by atoms with van der Waals surface area (Å²) in [7, 11) is 0. The third kappa shape index (κ3) is 2.76. The van der Waals surface area contributed by atoms with Crippen molar-refractivity contribution < 1.29 is 0 Å². The third-order valence-electron chi connectivity index (χ3n) is 2.67. The van der Waals surface area contributed by atoms with Gasteiger partial charge >= 0.3 is 0 Å². The van der Waals surface area contributed by atoms with Gasteiger partial charge in [0.05, 0.1) is 12.2 Å². The molecule has 1 aromatic carbocycles. The van der Waals surface area contributed by atoms with E-state index < -0.39 is 0 Å². The zero-order valence-electron chi connectivity index (χ0n) is 10.7. The predicted molar refractivity (Wildman–Crippen MR) is 73.6 cm³/mol. The molecule has 1 heterocycles. The van der Waals surface area contributed by atoms with E-state index in [1.165, 1.54) is 0 Å². The number of benzene rings is 1. The van der Waals surface area contributed by atoms with Gasteiger partial charge in [-0.25, -0.2) is 0 Å². The van der Waals surface area contributed by atoms with Crippen LogP contribution in [0.2, 0.25) is 0 Å². The molecule has 0 radical (unpaired) electrons. The van der Waals surface area contributed by atoms with E-state index in [-0.39, 0.29) is 0 Å². The normalized spacial score (nSPS) is 11.2. The van der Waals surface area contributed by atoms with E-state index in [0.717, 1.165) is 21.5 Å². The SMILES string of the molecule is Cc1c(Br)cccc1-n1nnnc1CNC(C)C. The first-order chi connectivity index (χ1) is 8.59. The van der Waals surface area contributed by atoms with Gasteiger partial charge in [0, 0.05) is 10.5 Å². The van der Waals surface area contributed by atoms with E-state index in [4.69, 9.17) is 0 Å². The lowest BCUT2D eigenvalue weighted by atomic mass is 10.2. The van der Waals surface area contributed by atoms with Crippen molar-refractivity contribution in [1.29, 1.82) is 0 Å². The molecule has 0 spiro atoms. The Morgan fingerprint density at radius 2 is 2.17 bits per heavy atom. The van der Waals surface area contributed by atoms with Gasteiger partial charge in [0.1, 0.15) is 0 Å². The average Bonchev–Trinajstić information content (AvgIpc) is 2.78. The number of aromatic nitrogens is 4. The van der Waals surface area contributed by atoms with Crippen molar-refractivity contribution >= 4 is 15.9 Å². The minimum Gasteiger partial charge on any atom is -0.308 e. The molecule has 0 amide bonds. The van der Waals surface area contributed by atoms with E-state index in [1.807, 2.05) is 25.1 Å². The second kappa shape index (κ2) is 5.58. The van der Waals surface area contributed by atoms with Gasteiger partial charge in [-0.15, -0.1) is 5.10 Å². The highest BCUT2D eigenvalue weighted by Crippen LogP contribution is 2.22. The Kier molecular flexibility index (Phi) is 4.08. The molecule has 96 valence electrons. The second-order valence-corrected chi connectivity index (χ2v) is 5.28. The molecule has 0 aliphatic rings. The molecule has 1 aromatic heterocycles. The van der Waals surface area contributed by atoms with Crippen molar-refractivity contribution in [1.82, 2.24) is 25.5 Å². The van der Waals surface area contributed by atoms with E-state index in [9.17, 15) is 0 Å². The molecule has 18 heavy (non-hydrogen) atoms. The average molecular weight is 310 g/mol. The van der Waals surface area contributed by atoms with Crippen LogP contribution in [0.5, 0.6) is 0 Å². The van der Waals surface area contributed by atoms with E-state index in [1.54, 1.807) is 4.68 Å². The zero-order valence-corrected chi connectivity index (χ0v) is 12.3. The minimum atomic E-state index is 0.402. The lowest BCUT2D eigenvalue weighted by Crippen LogP contribution is -2.24. The molecule has 5 nitrogen and oxygen atoms in total. The zero-order chi connectivity index (χ0) is 13.1. The van der Waals surface area contributed by atoms with Crippen molar-refractivity contribution in [2.75, 3.05) is 0 Å².